The van der Waals surface area contributed by atoms with Gasteiger partial charge in [-0.2, -0.15) is 0 Å². The fraction of sp³-hybridized carbons (Fsp3) is 0.625. The van der Waals surface area contributed by atoms with E-state index in [9.17, 15) is 9.59 Å². The van der Waals surface area contributed by atoms with Gasteiger partial charge in [0.2, 0.25) is 0 Å². The maximum Gasteiger partial charge on any atom is 0.307 e. The number of unbranched alkanes of at least 4 members (excludes halogenated alkanes) is 3. The van der Waals surface area contributed by atoms with Crippen LogP contribution in [0.25, 0.3) is 0 Å². The molecule has 0 amide bonds. The molecule has 0 aromatic carbocycles. The molecule has 2 N–H and O–H groups in total. The van der Waals surface area contributed by atoms with Gasteiger partial charge in [0, 0.05) is 6.42 Å². The Balaban J connectivity index is 0. The molecule has 4 nitrogen and oxygen atoms in total. The molecule has 0 spiro atoms. The number of carbonyl (C=O) groups is 2. The Kier molecular flexibility index (Phi) is 18.1. The average molecular weight is 284 g/mol. The van der Waals surface area contributed by atoms with Crippen LogP contribution >= 0.6 is 0 Å². The van der Waals surface area contributed by atoms with Crippen LogP contribution in [-0.4, -0.2) is 22.2 Å². The molecule has 0 bridgehead atoms. The molecule has 20 heavy (non-hydrogen) atoms. The lowest BCUT2D eigenvalue weighted by atomic mass is 10.2. The first-order valence-corrected chi connectivity index (χ1v) is 7.28. The molecule has 0 fully saturated rings. The fourth-order valence-corrected chi connectivity index (χ4v) is 1.28. The minimum Gasteiger partial charge on any atom is -0.481 e. The summed E-state index contributed by atoms with van der Waals surface area (Å²) in [6.45, 7) is 4.18. The molecule has 0 aliphatic carbocycles. The van der Waals surface area contributed by atoms with E-state index in [1.807, 2.05) is 12.2 Å². The van der Waals surface area contributed by atoms with Gasteiger partial charge in [-0.25, -0.2) is 0 Å². The van der Waals surface area contributed by atoms with E-state index in [1.165, 1.54) is 0 Å². The van der Waals surface area contributed by atoms with Crippen molar-refractivity contribution in [2.45, 2.75) is 65.2 Å². The molecule has 116 valence electrons. The van der Waals surface area contributed by atoms with Crippen molar-refractivity contribution in [2.24, 2.45) is 0 Å². The summed E-state index contributed by atoms with van der Waals surface area (Å²) in [5.74, 6) is -1.46. The highest BCUT2D eigenvalue weighted by Crippen LogP contribution is 1.97. The summed E-state index contributed by atoms with van der Waals surface area (Å²) >= 11 is 0. The lowest BCUT2D eigenvalue weighted by molar-refractivity contribution is -0.137. The molecule has 4 heteroatoms. The maximum absolute atomic E-state index is 10.0. The Hall–Kier alpha value is -1.58. The van der Waals surface area contributed by atoms with Gasteiger partial charge in [0.1, 0.15) is 0 Å². The summed E-state index contributed by atoms with van der Waals surface area (Å²) in [6.07, 6.45) is 14.2. The van der Waals surface area contributed by atoms with Crippen molar-refractivity contribution < 1.29 is 19.8 Å². The summed E-state index contributed by atoms with van der Waals surface area (Å²) in [7, 11) is 0. The normalized spacial score (nSPS) is 10.5. The first kappa shape index (κ1) is 20.7. The molecule has 0 aromatic rings. The zero-order valence-electron chi connectivity index (χ0n) is 12.7. The number of carboxylic acid groups (broad SMARTS) is 2. The SMILES string of the molecule is CC/C=C\CCCC(=O)O.CCCCC=CCC(=O)O. The van der Waals surface area contributed by atoms with E-state index in [2.05, 4.69) is 19.9 Å². The van der Waals surface area contributed by atoms with Gasteiger partial charge >= 0.3 is 11.9 Å². The second-order valence-corrected chi connectivity index (χ2v) is 4.38. The zero-order valence-corrected chi connectivity index (χ0v) is 12.7. The van der Waals surface area contributed by atoms with Crippen molar-refractivity contribution in [3.63, 3.8) is 0 Å². The molecule has 0 saturated heterocycles. The Bertz CT molecular complexity index is 293. The standard InChI is InChI=1S/2C8H14O2/c2*1-2-3-4-5-6-7-8(9)10/h5-6H,2-4,7H2,1H3,(H,9,10);3-4H,2,5-7H2,1H3,(H,9,10)/b;4-3-. The third kappa shape index (κ3) is 25.3. The smallest absolute Gasteiger partial charge is 0.307 e. The van der Waals surface area contributed by atoms with Gasteiger partial charge in [0.25, 0.3) is 0 Å². The third-order valence-electron chi connectivity index (χ3n) is 2.35. The summed E-state index contributed by atoms with van der Waals surface area (Å²) in [5.41, 5.74) is 0. The molecule has 0 atom stereocenters. The third-order valence-corrected chi connectivity index (χ3v) is 2.35. The van der Waals surface area contributed by atoms with Crippen LogP contribution in [0.15, 0.2) is 24.3 Å². The average Bonchev–Trinajstić information content (AvgIpc) is 2.38. The lowest BCUT2D eigenvalue weighted by Gasteiger charge is -1.88. The van der Waals surface area contributed by atoms with Gasteiger partial charge in [-0.15, -0.1) is 0 Å². The molecule has 0 aromatic heterocycles. The van der Waals surface area contributed by atoms with Crippen LogP contribution in [0, 0.1) is 0 Å². The van der Waals surface area contributed by atoms with Gasteiger partial charge in [0.05, 0.1) is 6.42 Å². The highest BCUT2D eigenvalue weighted by atomic mass is 16.4. The van der Waals surface area contributed by atoms with Crippen molar-refractivity contribution in [3.05, 3.63) is 24.3 Å². The number of allylic oxidation sites excluding steroid dienone is 3. The van der Waals surface area contributed by atoms with E-state index in [0.717, 1.165) is 38.5 Å². The van der Waals surface area contributed by atoms with Crippen molar-refractivity contribution in [3.8, 4) is 0 Å². The topological polar surface area (TPSA) is 74.6 Å². The first-order valence-electron chi connectivity index (χ1n) is 7.28. The number of aliphatic carboxylic acids is 2. The minimum atomic E-state index is -0.757. The molecule has 0 aliphatic heterocycles. The quantitative estimate of drug-likeness (QED) is 0.460. The van der Waals surface area contributed by atoms with Crippen LogP contribution in [0.5, 0.6) is 0 Å². The minimum absolute atomic E-state index is 0.156. The van der Waals surface area contributed by atoms with Gasteiger partial charge < -0.3 is 10.2 Å². The van der Waals surface area contributed by atoms with Crippen molar-refractivity contribution in [1.29, 1.82) is 0 Å². The second kappa shape index (κ2) is 17.4. The molecule has 0 rings (SSSR count). The van der Waals surface area contributed by atoms with E-state index in [1.54, 1.807) is 6.08 Å². The van der Waals surface area contributed by atoms with Crippen LogP contribution in [0.1, 0.15) is 65.2 Å². The molecule has 0 heterocycles. The van der Waals surface area contributed by atoms with E-state index >= 15 is 0 Å². The predicted molar refractivity (Wildman–Crippen MR) is 81.8 cm³/mol. The van der Waals surface area contributed by atoms with Gasteiger partial charge in [0.15, 0.2) is 0 Å². The molecular formula is C16H28O4. The van der Waals surface area contributed by atoms with Crippen molar-refractivity contribution in [1.82, 2.24) is 0 Å². The summed E-state index contributed by atoms with van der Waals surface area (Å²) in [4.78, 5) is 20.0. The highest BCUT2D eigenvalue weighted by molar-refractivity contribution is 5.68. The molecule has 0 unspecified atom stereocenters. The van der Waals surface area contributed by atoms with Crippen LogP contribution in [-0.2, 0) is 9.59 Å². The van der Waals surface area contributed by atoms with Gasteiger partial charge in [-0.1, -0.05) is 51.0 Å². The second-order valence-electron chi connectivity index (χ2n) is 4.38. The first-order chi connectivity index (χ1) is 9.54. The monoisotopic (exact) mass is 284 g/mol. The van der Waals surface area contributed by atoms with Crippen molar-refractivity contribution in [2.75, 3.05) is 0 Å². The van der Waals surface area contributed by atoms with Crippen molar-refractivity contribution >= 4 is 11.9 Å². The Morgan fingerprint density at radius 3 is 1.95 bits per heavy atom. The van der Waals surface area contributed by atoms with Gasteiger partial charge in [-0.05, 0) is 25.7 Å². The molecule has 0 radical (unpaired) electrons. The van der Waals surface area contributed by atoms with Crippen LogP contribution in [0.3, 0.4) is 0 Å². The highest BCUT2D eigenvalue weighted by Gasteiger charge is 1.92. The molecule has 0 aliphatic rings. The Labute approximate surface area is 122 Å². The largest absolute Gasteiger partial charge is 0.481 e. The number of hydrogen-bond donors (Lipinski definition) is 2. The summed E-state index contributed by atoms with van der Waals surface area (Å²) < 4.78 is 0. The van der Waals surface area contributed by atoms with E-state index < -0.39 is 11.9 Å². The summed E-state index contributed by atoms with van der Waals surface area (Å²) in [5, 5.41) is 16.5. The maximum atomic E-state index is 10.0. The van der Waals surface area contributed by atoms with Crippen LogP contribution in [0.4, 0.5) is 0 Å². The number of carboxylic acids is 2. The van der Waals surface area contributed by atoms with E-state index in [-0.39, 0.29) is 12.8 Å². The molecular weight excluding hydrogens is 256 g/mol. The fourth-order valence-electron chi connectivity index (χ4n) is 1.28. The van der Waals surface area contributed by atoms with E-state index in [0.29, 0.717) is 0 Å². The summed E-state index contributed by atoms with van der Waals surface area (Å²) in [6, 6.07) is 0. The van der Waals surface area contributed by atoms with Crippen LogP contribution < -0.4 is 0 Å². The van der Waals surface area contributed by atoms with Gasteiger partial charge in [-0.3, -0.25) is 9.59 Å². The zero-order chi connectivity index (χ0) is 15.6. The predicted octanol–water partition coefficient (Wildman–Crippen LogP) is 4.42. The molecule has 0 saturated carbocycles. The van der Waals surface area contributed by atoms with Crippen LogP contribution in [0.2, 0.25) is 0 Å². The number of hydrogen-bond acceptors (Lipinski definition) is 2. The number of rotatable bonds is 10. The van der Waals surface area contributed by atoms with E-state index in [4.69, 9.17) is 10.2 Å². The Morgan fingerprint density at radius 1 is 0.850 bits per heavy atom. The lowest BCUT2D eigenvalue weighted by Crippen LogP contribution is -1.92. The Morgan fingerprint density at radius 2 is 1.45 bits per heavy atom.